The second-order valence-electron chi connectivity index (χ2n) is 4.01. The highest BCUT2D eigenvalue weighted by atomic mass is 32.2. The number of methoxy groups -OCH3 is 2. The quantitative estimate of drug-likeness (QED) is 0.804. The monoisotopic (exact) mass is 251 g/mol. The highest BCUT2D eigenvalue weighted by Crippen LogP contribution is 2.50. The molecule has 1 atom stereocenters. The van der Waals surface area contributed by atoms with E-state index in [0.29, 0.717) is 5.75 Å². The molecule has 0 aliphatic carbocycles. The summed E-state index contributed by atoms with van der Waals surface area (Å²) in [6.07, 6.45) is 0. The number of carbonyl (C=O) groups is 1. The number of hydrogen-bond donors (Lipinski definition) is 0. The van der Waals surface area contributed by atoms with Gasteiger partial charge in [0, 0.05) is 23.9 Å². The van der Waals surface area contributed by atoms with Crippen LogP contribution in [0.4, 0.5) is 0 Å². The lowest BCUT2D eigenvalue weighted by atomic mass is 10.1. The van der Waals surface area contributed by atoms with Gasteiger partial charge in [0.25, 0.3) is 5.91 Å². The maximum Gasteiger partial charge on any atom is 0.255 e. The molecule has 2 aliphatic heterocycles. The summed E-state index contributed by atoms with van der Waals surface area (Å²) >= 11 is 1.79. The molecule has 1 fully saturated rings. The van der Waals surface area contributed by atoms with Crippen molar-refractivity contribution in [2.45, 2.75) is 5.37 Å². The van der Waals surface area contributed by atoms with Crippen LogP contribution < -0.4 is 9.47 Å². The van der Waals surface area contributed by atoms with Crippen molar-refractivity contribution in [3.63, 3.8) is 0 Å². The van der Waals surface area contributed by atoms with E-state index in [1.807, 2.05) is 11.0 Å². The van der Waals surface area contributed by atoms with Crippen molar-refractivity contribution in [3.05, 3.63) is 23.3 Å². The van der Waals surface area contributed by atoms with Crippen LogP contribution in [0.25, 0.3) is 0 Å². The Morgan fingerprint density at radius 2 is 2.18 bits per heavy atom. The van der Waals surface area contributed by atoms with Gasteiger partial charge in [-0.2, -0.15) is 0 Å². The molecule has 1 saturated heterocycles. The first kappa shape index (κ1) is 10.8. The zero-order chi connectivity index (χ0) is 12.0. The smallest absolute Gasteiger partial charge is 0.255 e. The number of thioether (sulfide) groups is 1. The van der Waals surface area contributed by atoms with Gasteiger partial charge >= 0.3 is 0 Å². The predicted octanol–water partition coefficient (Wildman–Crippen LogP) is 1.91. The summed E-state index contributed by atoms with van der Waals surface area (Å²) < 4.78 is 10.6. The van der Waals surface area contributed by atoms with Gasteiger partial charge < -0.3 is 14.4 Å². The molecule has 0 bridgehead atoms. The normalized spacial score (nSPS) is 21.4. The summed E-state index contributed by atoms with van der Waals surface area (Å²) in [5, 5.41) is 0.123. The Hall–Kier alpha value is -1.36. The maximum atomic E-state index is 12.2. The second kappa shape index (κ2) is 3.84. The van der Waals surface area contributed by atoms with Gasteiger partial charge in [-0.1, -0.05) is 0 Å². The number of fused-ring (bicyclic) bond motifs is 3. The fourth-order valence-corrected chi connectivity index (χ4v) is 3.71. The van der Waals surface area contributed by atoms with E-state index in [2.05, 4.69) is 0 Å². The van der Waals surface area contributed by atoms with Crippen molar-refractivity contribution in [2.24, 2.45) is 0 Å². The minimum Gasteiger partial charge on any atom is -0.497 e. The van der Waals surface area contributed by atoms with Gasteiger partial charge in [0.2, 0.25) is 0 Å². The molecule has 17 heavy (non-hydrogen) atoms. The first-order valence-corrected chi connectivity index (χ1v) is 6.49. The van der Waals surface area contributed by atoms with E-state index in [1.54, 1.807) is 32.0 Å². The SMILES string of the molecule is COc1cc(OC)c2c(c1)C(=O)N1CCS[C@@H]21. The Bertz CT molecular complexity index is 489. The highest BCUT2D eigenvalue weighted by Gasteiger charge is 2.42. The Labute approximate surface area is 104 Å². The van der Waals surface area contributed by atoms with Gasteiger partial charge in [0.1, 0.15) is 16.9 Å². The van der Waals surface area contributed by atoms with Crippen molar-refractivity contribution < 1.29 is 14.3 Å². The molecule has 0 unspecified atom stereocenters. The van der Waals surface area contributed by atoms with Crippen LogP contribution in [0, 0.1) is 0 Å². The average molecular weight is 251 g/mol. The number of nitrogens with zero attached hydrogens (tertiary/aromatic N) is 1. The molecule has 0 saturated carbocycles. The number of rotatable bonds is 2. The van der Waals surface area contributed by atoms with Crippen molar-refractivity contribution >= 4 is 17.7 Å². The molecule has 0 aromatic heterocycles. The van der Waals surface area contributed by atoms with Crippen LogP contribution in [0.15, 0.2) is 12.1 Å². The van der Waals surface area contributed by atoms with E-state index in [0.717, 1.165) is 29.2 Å². The summed E-state index contributed by atoms with van der Waals surface area (Å²) in [7, 11) is 3.22. The van der Waals surface area contributed by atoms with Crippen LogP contribution in [-0.2, 0) is 0 Å². The molecule has 2 heterocycles. The first-order valence-electron chi connectivity index (χ1n) is 5.44. The first-order chi connectivity index (χ1) is 8.26. The standard InChI is InChI=1S/C12H13NO3S/c1-15-7-5-8-10(9(6-7)16-2)12-13(11(8)14)3-4-17-12/h5-6,12H,3-4H2,1-2H3/t12-/m0/s1. The third-order valence-corrected chi connectivity index (χ3v) is 4.42. The van der Waals surface area contributed by atoms with Crippen LogP contribution in [0.2, 0.25) is 0 Å². The molecule has 1 amide bonds. The number of ether oxygens (including phenoxy) is 2. The minimum atomic E-state index is 0.0900. The maximum absolute atomic E-state index is 12.2. The summed E-state index contributed by atoms with van der Waals surface area (Å²) in [6.45, 7) is 0.814. The molecule has 0 spiro atoms. The molecular formula is C12H13NO3S. The van der Waals surface area contributed by atoms with Gasteiger partial charge in [-0.15, -0.1) is 11.8 Å². The Kier molecular flexibility index (Phi) is 2.43. The lowest BCUT2D eigenvalue weighted by molar-refractivity contribution is 0.0794. The minimum absolute atomic E-state index is 0.0900. The van der Waals surface area contributed by atoms with Crippen LogP contribution in [0.1, 0.15) is 21.3 Å². The van der Waals surface area contributed by atoms with Gasteiger partial charge in [-0.25, -0.2) is 0 Å². The van der Waals surface area contributed by atoms with Gasteiger partial charge in [-0.3, -0.25) is 4.79 Å². The van der Waals surface area contributed by atoms with E-state index in [4.69, 9.17) is 9.47 Å². The van der Waals surface area contributed by atoms with E-state index in [-0.39, 0.29) is 11.3 Å². The fourth-order valence-electron chi connectivity index (χ4n) is 2.39. The van der Waals surface area contributed by atoms with Gasteiger partial charge in [0.05, 0.1) is 19.8 Å². The van der Waals surface area contributed by atoms with E-state index in [9.17, 15) is 4.79 Å². The number of benzene rings is 1. The summed E-state index contributed by atoms with van der Waals surface area (Å²) in [5.74, 6) is 2.49. The second-order valence-corrected chi connectivity index (χ2v) is 5.20. The summed E-state index contributed by atoms with van der Waals surface area (Å²) in [6, 6.07) is 3.65. The zero-order valence-corrected chi connectivity index (χ0v) is 10.5. The molecule has 4 nitrogen and oxygen atoms in total. The Morgan fingerprint density at radius 3 is 2.88 bits per heavy atom. The molecule has 2 aliphatic rings. The number of carbonyl (C=O) groups excluding carboxylic acids is 1. The van der Waals surface area contributed by atoms with E-state index in [1.165, 1.54) is 0 Å². The largest absolute Gasteiger partial charge is 0.497 e. The third-order valence-electron chi connectivity index (χ3n) is 3.20. The summed E-state index contributed by atoms with van der Waals surface area (Å²) in [4.78, 5) is 14.1. The molecule has 0 radical (unpaired) electrons. The van der Waals surface area contributed by atoms with Crippen molar-refractivity contribution in [3.8, 4) is 11.5 Å². The van der Waals surface area contributed by atoms with Crippen LogP contribution in [-0.4, -0.2) is 37.3 Å². The molecule has 1 aromatic rings. The Balaban J connectivity index is 2.18. The molecular weight excluding hydrogens is 238 g/mol. The highest BCUT2D eigenvalue weighted by molar-refractivity contribution is 7.99. The van der Waals surface area contributed by atoms with Crippen LogP contribution in [0.3, 0.4) is 0 Å². The lowest BCUT2D eigenvalue weighted by Crippen LogP contribution is -2.22. The van der Waals surface area contributed by atoms with Crippen LogP contribution >= 0.6 is 11.8 Å². The molecule has 1 aromatic carbocycles. The van der Waals surface area contributed by atoms with E-state index < -0.39 is 0 Å². The van der Waals surface area contributed by atoms with E-state index >= 15 is 0 Å². The number of hydrogen-bond acceptors (Lipinski definition) is 4. The molecule has 90 valence electrons. The topological polar surface area (TPSA) is 38.8 Å². The van der Waals surface area contributed by atoms with Crippen LogP contribution in [0.5, 0.6) is 11.5 Å². The van der Waals surface area contributed by atoms with Gasteiger partial charge in [-0.05, 0) is 6.07 Å². The molecule has 0 N–H and O–H groups in total. The van der Waals surface area contributed by atoms with Crippen molar-refractivity contribution in [1.29, 1.82) is 0 Å². The van der Waals surface area contributed by atoms with Crippen molar-refractivity contribution in [1.82, 2.24) is 4.90 Å². The fraction of sp³-hybridized carbons (Fsp3) is 0.417. The summed E-state index contributed by atoms with van der Waals surface area (Å²) in [5.41, 5.74) is 1.72. The van der Waals surface area contributed by atoms with Crippen molar-refractivity contribution in [2.75, 3.05) is 26.5 Å². The third kappa shape index (κ3) is 1.42. The van der Waals surface area contributed by atoms with Gasteiger partial charge in [0.15, 0.2) is 0 Å². The zero-order valence-electron chi connectivity index (χ0n) is 9.73. The lowest BCUT2D eigenvalue weighted by Gasteiger charge is -2.15. The average Bonchev–Trinajstić information content (AvgIpc) is 2.92. The molecule has 5 heteroatoms. The molecule has 3 rings (SSSR count). The number of amides is 1. The predicted molar refractivity (Wildman–Crippen MR) is 65.8 cm³/mol. The Morgan fingerprint density at radius 1 is 1.35 bits per heavy atom.